The van der Waals surface area contributed by atoms with Crippen LogP contribution in [0, 0.1) is 5.41 Å². The number of rotatable bonds is 2. The van der Waals surface area contributed by atoms with Crippen LogP contribution in [0.4, 0.5) is 4.79 Å². The third-order valence-electron chi connectivity index (χ3n) is 4.09. The van der Waals surface area contributed by atoms with Crippen LogP contribution in [-0.2, 0) is 9.53 Å². The number of hydrogen-bond donors (Lipinski definition) is 2. The first-order valence-electron chi connectivity index (χ1n) is 6.81. The molecule has 0 aromatic rings. The van der Waals surface area contributed by atoms with E-state index in [1.165, 1.54) is 0 Å². The van der Waals surface area contributed by atoms with Crippen LogP contribution < -0.4 is 5.32 Å². The molecule has 2 heterocycles. The molecule has 3 atom stereocenters. The van der Waals surface area contributed by atoms with E-state index in [9.17, 15) is 9.59 Å². The highest BCUT2D eigenvalue weighted by Crippen LogP contribution is 2.30. The number of hydrogen-bond acceptors (Lipinski definition) is 3. The van der Waals surface area contributed by atoms with Gasteiger partial charge in [0.1, 0.15) is 0 Å². The van der Waals surface area contributed by atoms with Gasteiger partial charge >= 0.3 is 12.0 Å². The Kier molecular flexibility index (Phi) is 3.99. The highest BCUT2D eigenvalue weighted by molar-refractivity contribution is 5.79. The monoisotopic (exact) mass is 270 g/mol. The van der Waals surface area contributed by atoms with Gasteiger partial charge in [-0.15, -0.1) is 0 Å². The van der Waals surface area contributed by atoms with Gasteiger partial charge in [-0.25, -0.2) is 4.79 Å². The molecule has 2 rings (SSSR count). The van der Waals surface area contributed by atoms with Gasteiger partial charge in [0, 0.05) is 25.7 Å². The maximum Gasteiger partial charge on any atom is 0.317 e. The summed E-state index contributed by atoms with van der Waals surface area (Å²) in [4.78, 5) is 24.9. The summed E-state index contributed by atoms with van der Waals surface area (Å²) in [6.45, 7) is 5.15. The van der Waals surface area contributed by atoms with Gasteiger partial charge in [0.05, 0.1) is 11.5 Å². The molecule has 0 aliphatic carbocycles. The lowest BCUT2D eigenvalue weighted by Gasteiger charge is -2.30. The fourth-order valence-electron chi connectivity index (χ4n) is 2.70. The molecule has 2 fully saturated rings. The smallest absolute Gasteiger partial charge is 0.317 e. The van der Waals surface area contributed by atoms with Crippen molar-refractivity contribution in [3.8, 4) is 0 Å². The summed E-state index contributed by atoms with van der Waals surface area (Å²) in [5.74, 6) is -0.831. The highest BCUT2D eigenvalue weighted by atomic mass is 16.5. The van der Waals surface area contributed by atoms with Gasteiger partial charge in [-0.1, -0.05) is 0 Å². The number of nitrogens with one attached hydrogen (secondary N) is 1. The summed E-state index contributed by atoms with van der Waals surface area (Å²) >= 11 is 0. The van der Waals surface area contributed by atoms with Gasteiger partial charge in [0.25, 0.3) is 0 Å². The minimum atomic E-state index is -0.831. The Labute approximate surface area is 113 Å². The second-order valence-corrected chi connectivity index (χ2v) is 5.89. The SMILES string of the molecule is CC1CC(NC(=O)N2CCC(C)(C(=O)O)C2)CCO1. The van der Waals surface area contributed by atoms with Gasteiger partial charge in [-0.05, 0) is 33.1 Å². The Morgan fingerprint density at radius 2 is 2.21 bits per heavy atom. The van der Waals surface area contributed by atoms with E-state index >= 15 is 0 Å². The predicted octanol–water partition coefficient (Wildman–Crippen LogP) is 1.06. The molecule has 0 aromatic carbocycles. The largest absolute Gasteiger partial charge is 0.481 e. The van der Waals surface area contributed by atoms with E-state index in [1.54, 1.807) is 11.8 Å². The summed E-state index contributed by atoms with van der Waals surface area (Å²) in [6.07, 6.45) is 2.32. The summed E-state index contributed by atoms with van der Waals surface area (Å²) in [5, 5.41) is 12.1. The van der Waals surface area contributed by atoms with E-state index < -0.39 is 11.4 Å². The van der Waals surface area contributed by atoms with Crippen molar-refractivity contribution in [3.63, 3.8) is 0 Å². The molecule has 108 valence electrons. The first-order chi connectivity index (χ1) is 8.90. The molecule has 2 amide bonds. The summed E-state index contributed by atoms with van der Waals surface area (Å²) in [6, 6.07) is -0.0167. The van der Waals surface area contributed by atoms with Crippen LogP contribution in [-0.4, -0.2) is 53.8 Å². The van der Waals surface area contributed by atoms with Crippen molar-refractivity contribution >= 4 is 12.0 Å². The number of urea groups is 1. The van der Waals surface area contributed by atoms with Crippen molar-refractivity contribution in [1.82, 2.24) is 10.2 Å². The fraction of sp³-hybridized carbons (Fsp3) is 0.846. The lowest BCUT2D eigenvalue weighted by atomic mass is 9.90. The number of amides is 2. The van der Waals surface area contributed by atoms with Crippen LogP contribution in [0.25, 0.3) is 0 Å². The van der Waals surface area contributed by atoms with Crippen molar-refractivity contribution in [2.45, 2.75) is 45.3 Å². The second-order valence-electron chi connectivity index (χ2n) is 5.89. The summed E-state index contributed by atoms with van der Waals surface area (Å²) < 4.78 is 5.44. The number of carbonyl (C=O) groups excluding carboxylic acids is 1. The van der Waals surface area contributed by atoms with E-state index in [2.05, 4.69) is 5.32 Å². The van der Waals surface area contributed by atoms with Crippen molar-refractivity contribution in [3.05, 3.63) is 0 Å². The number of carbonyl (C=O) groups is 2. The first kappa shape index (κ1) is 14.1. The zero-order valence-electron chi connectivity index (χ0n) is 11.5. The van der Waals surface area contributed by atoms with Crippen LogP contribution >= 0.6 is 0 Å². The number of carboxylic acid groups (broad SMARTS) is 1. The zero-order valence-corrected chi connectivity index (χ0v) is 11.5. The second kappa shape index (κ2) is 5.36. The van der Waals surface area contributed by atoms with Crippen LogP contribution in [0.5, 0.6) is 0 Å². The molecule has 2 aliphatic heterocycles. The lowest BCUT2D eigenvalue weighted by molar-refractivity contribution is -0.146. The lowest BCUT2D eigenvalue weighted by Crippen LogP contribution is -2.47. The minimum Gasteiger partial charge on any atom is -0.481 e. The molecule has 6 heteroatoms. The van der Waals surface area contributed by atoms with E-state index in [-0.39, 0.29) is 24.7 Å². The highest BCUT2D eigenvalue weighted by Gasteiger charge is 2.42. The van der Waals surface area contributed by atoms with Crippen molar-refractivity contribution < 1.29 is 19.4 Å². The Bertz CT molecular complexity index is 374. The van der Waals surface area contributed by atoms with Gasteiger partial charge in [-0.2, -0.15) is 0 Å². The topological polar surface area (TPSA) is 78.9 Å². The molecule has 19 heavy (non-hydrogen) atoms. The Balaban J connectivity index is 1.86. The van der Waals surface area contributed by atoms with Gasteiger partial charge < -0.3 is 20.1 Å². The fourth-order valence-corrected chi connectivity index (χ4v) is 2.70. The molecule has 3 unspecified atom stereocenters. The molecule has 0 saturated carbocycles. The Hall–Kier alpha value is -1.30. The average molecular weight is 270 g/mol. The average Bonchev–Trinajstić information content (AvgIpc) is 2.73. The minimum absolute atomic E-state index is 0.132. The molecule has 0 bridgehead atoms. The third kappa shape index (κ3) is 3.18. The van der Waals surface area contributed by atoms with Crippen LogP contribution in [0.1, 0.15) is 33.1 Å². The number of carboxylic acids is 1. The zero-order chi connectivity index (χ0) is 14.0. The van der Waals surface area contributed by atoms with Crippen LogP contribution in [0.15, 0.2) is 0 Å². The van der Waals surface area contributed by atoms with Crippen molar-refractivity contribution in [1.29, 1.82) is 0 Å². The molecular formula is C13H22N2O4. The Morgan fingerprint density at radius 3 is 2.79 bits per heavy atom. The predicted molar refractivity (Wildman–Crippen MR) is 68.9 cm³/mol. The summed E-state index contributed by atoms with van der Waals surface area (Å²) in [7, 11) is 0. The van der Waals surface area contributed by atoms with Gasteiger partial charge in [0.15, 0.2) is 0 Å². The van der Waals surface area contributed by atoms with Crippen LogP contribution in [0.3, 0.4) is 0 Å². The normalized spacial score (nSPS) is 35.2. The molecule has 2 N–H and O–H groups in total. The van der Waals surface area contributed by atoms with Gasteiger partial charge in [-0.3, -0.25) is 4.79 Å². The maximum absolute atomic E-state index is 12.1. The molecule has 2 aliphatic rings. The number of likely N-dealkylation sites (tertiary alicyclic amines) is 1. The quantitative estimate of drug-likeness (QED) is 0.786. The van der Waals surface area contributed by atoms with Gasteiger partial charge in [0.2, 0.25) is 0 Å². The van der Waals surface area contributed by atoms with E-state index in [1.807, 2.05) is 6.92 Å². The molecule has 0 radical (unpaired) electrons. The first-order valence-corrected chi connectivity index (χ1v) is 6.81. The van der Waals surface area contributed by atoms with Crippen molar-refractivity contribution in [2.24, 2.45) is 5.41 Å². The third-order valence-corrected chi connectivity index (χ3v) is 4.09. The number of aliphatic carboxylic acids is 1. The summed E-state index contributed by atoms with van der Waals surface area (Å²) in [5.41, 5.74) is -0.805. The van der Waals surface area contributed by atoms with E-state index in [0.29, 0.717) is 19.6 Å². The molecular weight excluding hydrogens is 248 g/mol. The molecule has 0 aromatic heterocycles. The van der Waals surface area contributed by atoms with E-state index in [0.717, 1.165) is 12.8 Å². The Morgan fingerprint density at radius 1 is 1.47 bits per heavy atom. The molecule has 0 spiro atoms. The number of ether oxygens (including phenoxy) is 1. The molecule has 6 nitrogen and oxygen atoms in total. The number of nitrogens with zero attached hydrogens (tertiary/aromatic N) is 1. The van der Waals surface area contributed by atoms with Crippen LogP contribution in [0.2, 0.25) is 0 Å². The van der Waals surface area contributed by atoms with Crippen molar-refractivity contribution in [2.75, 3.05) is 19.7 Å². The maximum atomic E-state index is 12.1. The molecule has 2 saturated heterocycles. The van der Waals surface area contributed by atoms with E-state index in [4.69, 9.17) is 9.84 Å². The standard InChI is InChI=1S/C13H22N2O4/c1-9-7-10(3-6-19-9)14-12(18)15-5-4-13(2,8-15)11(16)17/h9-10H,3-8H2,1-2H3,(H,14,18)(H,16,17).